The van der Waals surface area contributed by atoms with Gasteiger partial charge >= 0.3 is 0 Å². The van der Waals surface area contributed by atoms with E-state index in [0.717, 1.165) is 12.3 Å². The second-order valence-electron chi connectivity index (χ2n) is 4.18. The first-order valence-electron chi connectivity index (χ1n) is 5.53. The quantitative estimate of drug-likeness (QED) is 0.667. The molecule has 78 valence electrons. The molecule has 1 saturated carbocycles. The third-order valence-corrected chi connectivity index (χ3v) is 4.67. The van der Waals surface area contributed by atoms with Crippen molar-refractivity contribution in [3.05, 3.63) is 22.4 Å². The van der Waals surface area contributed by atoms with Crippen LogP contribution in [-0.2, 0) is 6.42 Å². The van der Waals surface area contributed by atoms with E-state index in [9.17, 15) is 0 Å². The van der Waals surface area contributed by atoms with E-state index in [2.05, 4.69) is 17.5 Å². The van der Waals surface area contributed by atoms with Crippen molar-refractivity contribution in [3.63, 3.8) is 0 Å². The van der Waals surface area contributed by atoms with Crippen LogP contribution < -0.4 is 0 Å². The molecule has 2 heteroatoms. The van der Waals surface area contributed by atoms with Crippen LogP contribution in [0, 0.1) is 5.92 Å². The molecule has 0 amide bonds. The summed E-state index contributed by atoms with van der Waals surface area (Å²) < 4.78 is 0. The zero-order chi connectivity index (χ0) is 9.80. The minimum absolute atomic E-state index is 0.416. The third-order valence-electron chi connectivity index (χ3n) is 3.16. The lowest BCUT2D eigenvalue weighted by atomic mass is 10.00. The van der Waals surface area contributed by atoms with Crippen LogP contribution in [0.4, 0.5) is 0 Å². The lowest BCUT2D eigenvalue weighted by Gasteiger charge is -2.15. The summed E-state index contributed by atoms with van der Waals surface area (Å²) in [6.07, 6.45) is 7.84. The van der Waals surface area contributed by atoms with Crippen LogP contribution in [0.25, 0.3) is 0 Å². The predicted octanol–water partition coefficient (Wildman–Crippen LogP) is 4.48. The summed E-state index contributed by atoms with van der Waals surface area (Å²) in [6.45, 7) is 0. The predicted molar refractivity (Wildman–Crippen MR) is 64.2 cm³/mol. The topological polar surface area (TPSA) is 0 Å². The molecule has 0 bridgehead atoms. The van der Waals surface area contributed by atoms with Gasteiger partial charge in [-0.2, -0.15) is 0 Å². The normalized spacial score (nSPS) is 20.1. The molecular weight excluding hydrogens is 212 g/mol. The van der Waals surface area contributed by atoms with Gasteiger partial charge in [0.15, 0.2) is 0 Å². The Labute approximate surface area is 95.3 Å². The van der Waals surface area contributed by atoms with Gasteiger partial charge in [0.25, 0.3) is 0 Å². The second-order valence-corrected chi connectivity index (χ2v) is 5.77. The molecule has 0 aliphatic heterocycles. The first-order chi connectivity index (χ1) is 6.86. The molecule has 0 saturated heterocycles. The highest BCUT2D eigenvalue weighted by Crippen LogP contribution is 2.32. The molecule has 1 aromatic heterocycles. The van der Waals surface area contributed by atoms with Gasteiger partial charge in [0.2, 0.25) is 0 Å². The largest absolute Gasteiger partial charge is 0.149 e. The van der Waals surface area contributed by atoms with Gasteiger partial charge in [0, 0.05) is 10.3 Å². The zero-order valence-electron chi connectivity index (χ0n) is 8.42. The van der Waals surface area contributed by atoms with Gasteiger partial charge in [-0.3, -0.25) is 0 Å². The molecular formula is C12H17ClS. The van der Waals surface area contributed by atoms with Crippen LogP contribution >= 0.6 is 22.9 Å². The third kappa shape index (κ3) is 2.74. The number of aryl methyl sites for hydroxylation is 1. The highest BCUT2D eigenvalue weighted by Gasteiger charge is 2.22. The van der Waals surface area contributed by atoms with Gasteiger partial charge in [-0.1, -0.05) is 18.9 Å². The molecule has 0 spiro atoms. The molecule has 1 unspecified atom stereocenters. The highest BCUT2D eigenvalue weighted by molar-refractivity contribution is 7.09. The van der Waals surface area contributed by atoms with E-state index in [1.165, 1.54) is 37.0 Å². The number of hydrogen-bond acceptors (Lipinski definition) is 1. The van der Waals surface area contributed by atoms with Crippen molar-refractivity contribution in [1.82, 2.24) is 0 Å². The van der Waals surface area contributed by atoms with E-state index in [-0.39, 0.29) is 0 Å². The first-order valence-corrected chi connectivity index (χ1v) is 6.84. The molecule has 0 nitrogen and oxygen atoms in total. The monoisotopic (exact) mass is 228 g/mol. The fourth-order valence-corrected chi connectivity index (χ4v) is 3.38. The molecule has 0 aromatic carbocycles. The van der Waals surface area contributed by atoms with Crippen molar-refractivity contribution >= 4 is 22.9 Å². The molecule has 0 N–H and O–H groups in total. The van der Waals surface area contributed by atoms with E-state index < -0.39 is 0 Å². The summed E-state index contributed by atoms with van der Waals surface area (Å²) in [4.78, 5) is 1.48. The number of alkyl halides is 1. The summed E-state index contributed by atoms with van der Waals surface area (Å²) in [5.74, 6) is 0.802. The Kier molecular flexibility index (Phi) is 3.89. The summed E-state index contributed by atoms with van der Waals surface area (Å²) >= 11 is 8.26. The molecule has 2 rings (SSSR count). The van der Waals surface area contributed by atoms with Gasteiger partial charge in [-0.15, -0.1) is 22.9 Å². The Morgan fingerprint density at radius 1 is 1.43 bits per heavy atom. The molecule has 1 aliphatic carbocycles. The van der Waals surface area contributed by atoms with E-state index in [0.29, 0.717) is 5.38 Å². The van der Waals surface area contributed by atoms with Crippen LogP contribution in [0.5, 0.6) is 0 Å². The minimum atomic E-state index is 0.416. The van der Waals surface area contributed by atoms with Gasteiger partial charge < -0.3 is 0 Å². The van der Waals surface area contributed by atoms with Gasteiger partial charge in [-0.25, -0.2) is 0 Å². The van der Waals surface area contributed by atoms with Gasteiger partial charge in [0.1, 0.15) is 0 Å². The van der Waals surface area contributed by atoms with E-state index in [1.807, 2.05) is 11.3 Å². The lowest BCUT2D eigenvalue weighted by Crippen LogP contribution is -2.11. The second kappa shape index (κ2) is 5.18. The van der Waals surface area contributed by atoms with Crippen molar-refractivity contribution in [2.45, 2.75) is 43.9 Å². The first kappa shape index (κ1) is 10.5. The number of halogens is 1. The molecule has 1 atom stereocenters. The van der Waals surface area contributed by atoms with Gasteiger partial charge in [-0.05, 0) is 43.0 Å². The SMILES string of the molecule is ClC(CCc1cccs1)C1CCCC1. The van der Waals surface area contributed by atoms with E-state index >= 15 is 0 Å². The van der Waals surface area contributed by atoms with Crippen LogP contribution in [-0.4, -0.2) is 5.38 Å². The van der Waals surface area contributed by atoms with Crippen molar-refractivity contribution < 1.29 is 0 Å². The van der Waals surface area contributed by atoms with Crippen molar-refractivity contribution in [2.75, 3.05) is 0 Å². The van der Waals surface area contributed by atoms with Crippen LogP contribution in [0.3, 0.4) is 0 Å². The maximum atomic E-state index is 6.41. The van der Waals surface area contributed by atoms with Crippen molar-refractivity contribution in [1.29, 1.82) is 0 Å². The highest BCUT2D eigenvalue weighted by atomic mass is 35.5. The summed E-state index contributed by atoms with van der Waals surface area (Å²) in [5.41, 5.74) is 0. The van der Waals surface area contributed by atoms with Crippen molar-refractivity contribution in [3.8, 4) is 0 Å². The standard InChI is InChI=1S/C12H17ClS/c13-12(10-4-1-2-5-10)8-7-11-6-3-9-14-11/h3,6,9-10,12H,1-2,4-5,7-8H2. The average Bonchev–Trinajstić information content (AvgIpc) is 2.87. The molecule has 1 heterocycles. The average molecular weight is 229 g/mol. The van der Waals surface area contributed by atoms with Crippen LogP contribution in [0.1, 0.15) is 37.0 Å². The molecule has 1 aromatic rings. The van der Waals surface area contributed by atoms with Crippen molar-refractivity contribution in [2.24, 2.45) is 5.92 Å². The maximum absolute atomic E-state index is 6.41. The lowest BCUT2D eigenvalue weighted by molar-refractivity contribution is 0.493. The summed E-state index contributed by atoms with van der Waals surface area (Å²) in [6, 6.07) is 4.34. The van der Waals surface area contributed by atoms with Crippen LogP contribution in [0.2, 0.25) is 0 Å². The van der Waals surface area contributed by atoms with Crippen LogP contribution in [0.15, 0.2) is 17.5 Å². The fraction of sp³-hybridized carbons (Fsp3) is 0.667. The number of rotatable bonds is 4. The van der Waals surface area contributed by atoms with E-state index in [4.69, 9.17) is 11.6 Å². The van der Waals surface area contributed by atoms with E-state index in [1.54, 1.807) is 0 Å². The summed E-state index contributed by atoms with van der Waals surface area (Å²) in [7, 11) is 0. The number of hydrogen-bond donors (Lipinski definition) is 0. The Morgan fingerprint density at radius 2 is 2.21 bits per heavy atom. The molecule has 1 aliphatic rings. The number of thiophene rings is 1. The Balaban J connectivity index is 1.74. The zero-order valence-corrected chi connectivity index (χ0v) is 9.99. The minimum Gasteiger partial charge on any atom is -0.149 e. The molecule has 0 radical (unpaired) electrons. The summed E-state index contributed by atoms with van der Waals surface area (Å²) in [5, 5.41) is 2.56. The Bertz CT molecular complexity index is 249. The fourth-order valence-electron chi connectivity index (χ4n) is 2.29. The molecule has 1 fully saturated rings. The Morgan fingerprint density at radius 3 is 2.86 bits per heavy atom. The Hall–Kier alpha value is -0.0100. The smallest absolute Gasteiger partial charge is 0.0367 e. The van der Waals surface area contributed by atoms with Gasteiger partial charge in [0.05, 0.1) is 0 Å². The maximum Gasteiger partial charge on any atom is 0.0367 e. The molecule has 14 heavy (non-hydrogen) atoms.